The summed E-state index contributed by atoms with van der Waals surface area (Å²) >= 11 is 0. The van der Waals surface area contributed by atoms with Crippen molar-refractivity contribution in [1.29, 1.82) is 0 Å². The van der Waals surface area contributed by atoms with E-state index in [1.54, 1.807) is 0 Å². The molecule has 3 rings (SSSR count). The van der Waals surface area contributed by atoms with E-state index in [0.29, 0.717) is 0 Å². The number of hydrogen-bond donors (Lipinski definition) is 6. The summed E-state index contributed by atoms with van der Waals surface area (Å²) in [5, 5.41) is 28.1. The third-order valence-electron chi connectivity index (χ3n) is 4.96. The van der Waals surface area contributed by atoms with Gasteiger partial charge in [-0.05, 0) is 23.8 Å². The molecule has 1 aromatic heterocycles. The molecular formula is C15H24FN9O5S2. The fourth-order valence-electron chi connectivity index (χ4n) is 3.30. The molecule has 0 spiro atoms. The molecule has 1 aliphatic rings. The van der Waals surface area contributed by atoms with Gasteiger partial charge in [-0.15, -0.1) is 10.2 Å². The number of sulfonamides is 2. The van der Waals surface area contributed by atoms with E-state index < -0.39 is 54.7 Å². The minimum Gasteiger partial charge on any atom is -0.390 e. The van der Waals surface area contributed by atoms with E-state index in [2.05, 4.69) is 25.3 Å². The zero-order valence-electron chi connectivity index (χ0n) is 16.7. The van der Waals surface area contributed by atoms with Gasteiger partial charge in [-0.25, -0.2) is 31.1 Å². The highest BCUT2D eigenvalue weighted by Gasteiger charge is 2.35. The number of tetrazole rings is 1. The molecule has 2 heterocycles. The van der Waals surface area contributed by atoms with Crippen LogP contribution in [0.25, 0.3) is 11.4 Å². The molecule has 0 aliphatic carbocycles. The first-order valence-corrected chi connectivity index (χ1v) is 12.4. The van der Waals surface area contributed by atoms with E-state index in [4.69, 9.17) is 16.6 Å². The van der Waals surface area contributed by atoms with E-state index >= 15 is 0 Å². The SMILES string of the molecule is NC[C@@H](O)CNS(=O)(=O)c1ccc(N2CC[C@@H](N)[C@@H](F)C2)c(-c2nn[nH]n2)c1S(N)(=O)=O. The molecule has 0 bridgehead atoms. The van der Waals surface area contributed by atoms with Crippen molar-refractivity contribution in [2.24, 2.45) is 16.6 Å². The van der Waals surface area contributed by atoms with Gasteiger partial charge in [0.2, 0.25) is 25.9 Å². The highest BCUT2D eigenvalue weighted by atomic mass is 32.2. The summed E-state index contributed by atoms with van der Waals surface area (Å²) in [6, 6.07) is 1.64. The standard InChI is InChI=1S/C15H24FN9O5S2/c16-9-7-25(4-3-10(9)18)11-1-2-12(32(29,30)20-6-8(26)5-17)14(31(19,27)28)13(11)15-21-23-24-22-15/h1-2,8-10,20,26H,3-7,17-18H2,(H2,19,27,28)(H,21,22,23,24)/t8-,9+,10-/m1/s1. The lowest BCUT2D eigenvalue weighted by atomic mass is 10.0. The Morgan fingerprint density at radius 1 is 1.34 bits per heavy atom. The number of primary sulfonamides is 1. The van der Waals surface area contributed by atoms with Crippen molar-refractivity contribution in [3.63, 3.8) is 0 Å². The van der Waals surface area contributed by atoms with Crippen molar-refractivity contribution >= 4 is 25.7 Å². The number of nitrogens with two attached hydrogens (primary N) is 3. The number of aromatic amines is 1. The number of hydrogen-bond acceptors (Lipinski definition) is 11. The Bertz CT molecular complexity index is 1160. The molecule has 17 heteroatoms. The number of aliphatic hydroxyl groups excluding tert-OH is 1. The number of halogens is 1. The van der Waals surface area contributed by atoms with Crippen LogP contribution in [0.4, 0.5) is 10.1 Å². The molecule has 0 unspecified atom stereocenters. The van der Waals surface area contributed by atoms with Crippen LogP contribution in [0, 0.1) is 0 Å². The molecule has 9 N–H and O–H groups in total. The maximum atomic E-state index is 14.3. The van der Waals surface area contributed by atoms with Gasteiger partial charge in [0.15, 0.2) is 0 Å². The molecule has 1 fully saturated rings. The number of nitrogens with one attached hydrogen (secondary N) is 2. The molecule has 0 amide bonds. The van der Waals surface area contributed by atoms with Crippen LogP contribution in [0.1, 0.15) is 6.42 Å². The lowest BCUT2D eigenvalue weighted by Gasteiger charge is -2.35. The molecule has 2 aromatic rings. The van der Waals surface area contributed by atoms with E-state index in [1.165, 1.54) is 11.0 Å². The Labute approximate surface area is 183 Å². The van der Waals surface area contributed by atoms with Crippen LogP contribution in [0.5, 0.6) is 0 Å². The van der Waals surface area contributed by atoms with Gasteiger partial charge in [0.1, 0.15) is 16.0 Å². The minimum atomic E-state index is -4.68. The van der Waals surface area contributed by atoms with Gasteiger partial charge in [-0.3, -0.25) is 0 Å². The Morgan fingerprint density at radius 2 is 2.06 bits per heavy atom. The van der Waals surface area contributed by atoms with Gasteiger partial charge in [0.05, 0.1) is 18.2 Å². The largest absolute Gasteiger partial charge is 0.390 e. The predicted octanol–water partition coefficient (Wildman–Crippen LogP) is -3.01. The summed E-state index contributed by atoms with van der Waals surface area (Å²) in [5.41, 5.74) is 10.9. The third-order valence-corrected chi connectivity index (χ3v) is 7.54. The highest BCUT2D eigenvalue weighted by Crippen LogP contribution is 2.39. The van der Waals surface area contributed by atoms with E-state index in [9.17, 15) is 26.3 Å². The maximum Gasteiger partial charge on any atom is 0.242 e. The van der Waals surface area contributed by atoms with Gasteiger partial charge in [-0.2, -0.15) is 5.21 Å². The quantitative estimate of drug-likeness (QED) is 0.216. The monoisotopic (exact) mass is 493 g/mol. The fourth-order valence-corrected chi connectivity index (χ4v) is 5.97. The Hall–Kier alpha value is -2.28. The molecule has 3 atom stereocenters. The third kappa shape index (κ3) is 5.03. The summed E-state index contributed by atoms with van der Waals surface area (Å²) < 4.78 is 67.3. The van der Waals surface area contributed by atoms with Crippen LogP contribution >= 0.6 is 0 Å². The molecule has 1 saturated heterocycles. The van der Waals surface area contributed by atoms with Gasteiger partial charge in [0, 0.05) is 31.4 Å². The van der Waals surface area contributed by atoms with Crippen molar-refractivity contribution in [3.8, 4) is 11.4 Å². The van der Waals surface area contributed by atoms with Crippen LogP contribution in [-0.2, 0) is 20.0 Å². The normalized spacial score (nSPS) is 21.0. The molecule has 1 aliphatic heterocycles. The Kier molecular flexibility index (Phi) is 7.08. The van der Waals surface area contributed by atoms with Crippen molar-refractivity contribution in [3.05, 3.63) is 12.1 Å². The van der Waals surface area contributed by atoms with Crippen molar-refractivity contribution in [2.75, 3.05) is 31.1 Å². The van der Waals surface area contributed by atoms with Gasteiger partial charge in [0.25, 0.3) is 0 Å². The lowest BCUT2D eigenvalue weighted by Crippen LogP contribution is -2.48. The minimum absolute atomic E-state index is 0.144. The Morgan fingerprint density at radius 3 is 2.62 bits per heavy atom. The smallest absolute Gasteiger partial charge is 0.242 e. The molecule has 178 valence electrons. The van der Waals surface area contributed by atoms with Crippen LogP contribution < -0.4 is 26.2 Å². The number of anilines is 1. The molecule has 0 saturated carbocycles. The molecule has 0 radical (unpaired) electrons. The second-order valence-corrected chi connectivity index (χ2v) is 10.5. The number of nitrogens with zero attached hydrogens (tertiary/aromatic N) is 4. The second kappa shape index (κ2) is 9.30. The zero-order valence-corrected chi connectivity index (χ0v) is 18.4. The summed E-state index contributed by atoms with van der Waals surface area (Å²) in [6.07, 6.45) is -2.32. The Balaban J connectivity index is 2.23. The molecule has 32 heavy (non-hydrogen) atoms. The number of alkyl halides is 1. The van der Waals surface area contributed by atoms with Crippen molar-refractivity contribution < 1.29 is 26.3 Å². The van der Waals surface area contributed by atoms with Crippen molar-refractivity contribution in [1.82, 2.24) is 25.3 Å². The van der Waals surface area contributed by atoms with E-state index in [-0.39, 0.29) is 43.1 Å². The summed E-state index contributed by atoms with van der Waals surface area (Å²) in [4.78, 5) is 0.0193. The summed E-state index contributed by atoms with van der Waals surface area (Å²) in [6.45, 7) is -0.582. The first kappa shape index (κ1) is 24.4. The van der Waals surface area contributed by atoms with Gasteiger partial charge >= 0.3 is 0 Å². The van der Waals surface area contributed by atoms with Gasteiger partial charge < -0.3 is 21.5 Å². The number of H-pyrrole nitrogens is 1. The number of aliphatic hydroxyl groups is 1. The molecular weight excluding hydrogens is 469 g/mol. The lowest BCUT2D eigenvalue weighted by molar-refractivity contribution is 0.186. The zero-order chi connectivity index (χ0) is 23.7. The fraction of sp³-hybridized carbons (Fsp3) is 0.533. The van der Waals surface area contributed by atoms with E-state index in [0.717, 1.165) is 6.07 Å². The second-order valence-electron chi connectivity index (χ2n) is 7.22. The number of rotatable bonds is 8. The van der Waals surface area contributed by atoms with Crippen LogP contribution in [0.3, 0.4) is 0 Å². The number of piperidine rings is 1. The highest BCUT2D eigenvalue weighted by molar-refractivity contribution is 7.92. The first-order chi connectivity index (χ1) is 15.0. The maximum absolute atomic E-state index is 14.3. The molecule has 14 nitrogen and oxygen atoms in total. The van der Waals surface area contributed by atoms with Gasteiger partial charge in [-0.1, -0.05) is 0 Å². The average molecular weight is 494 g/mol. The van der Waals surface area contributed by atoms with E-state index in [1.807, 2.05) is 0 Å². The van der Waals surface area contributed by atoms with Crippen LogP contribution in [0.2, 0.25) is 0 Å². The summed E-state index contributed by atoms with van der Waals surface area (Å²) in [5.74, 6) is -0.256. The van der Waals surface area contributed by atoms with Crippen LogP contribution in [-0.4, -0.2) is 87.1 Å². The topological polar surface area (TPSA) is 236 Å². The van der Waals surface area contributed by atoms with Crippen LogP contribution in [0.15, 0.2) is 21.9 Å². The number of aromatic nitrogens is 4. The summed E-state index contributed by atoms with van der Waals surface area (Å²) in [7, 11) is -9.16. The first-order valence-electron chi connectivity index (χ1n) is 9.41. The number of benzene rings is 1. The van der Waals surface area contributed by atoms with Crippen molar-refractivity contribution in [2.45, 2.75) is 34.5 Å². The molecule has 1 aromatic carbocycles. The predicted molar refractivity (Wildman–Crippen MR) is 111 cm³/mol. The average Bonchev–Trinajstić information content (AvgIpc) is 3.27.